The molecule has 0 spiro atoms. The standard InChI is InChI=1S/C21H31INO3S/c1-20-10-12-21(13-11-20)27(24,25)26-19-8-4-2-3-5-15-23(18-9-14-22)16-6-7-17-23/h10-13H,2-8,15-19H2,1H3/q+1. The third kappa shape index (κ3) is 7.72. The lowest BCUT2D eigenvalue weighted by Crippen LogP contribution is -2.46. The topological polar surface area (TPSA) is 43.4 Å². The maximum absolute atomic E-state index is 12.1. The highest BCUT2D eigenvalue weighted by atomic mass is 127. The fraction of sp³-hybridized carbons (Fsp3) is 0.619. The molecule has 1 aromatic rings. The first-order chi connectivity index (χ1) is 13.0. The smallest absolute Gasteiger partial charge is 0.296 e. The highest BCUT2D eigenvalue weighted by molar-refractivity contribution is 14.1. The van der Waals surface area contributed by atoms with Gasteiger partial charge in [0, 0.05) is 35.4 Å². The summed E-state index contributed by atoms with van der Waals surface area (Å²) in [6, 6.07) is 6.78. The van der Waals surface area contributed by atoms with Crippen molar-refractivity contribution in [2.75, 3.05) is 32.8 Å². The predicted molar refractivity (Wildman–Crippen MR) is 118 cm³/mol. The summed E-state index contributed by atoms with van der Waals surface area (Å²) >= 11 is 2.13. The number of unbranched alkanes of at least 4 members (excludes halogenated alkanes) is 4. The van der Waals surface area contributed by atoms with Gasteiger partial charge in [0.2, 0.25) is 0 Å². The van der Waals surface area contributed by atoms with Crippen molar-refractivity contribution >= 4 is 32.7 Å². The second-order valence-corrected chi connectivity index (χ2v) is 9.66. The maximum atomic E-state index is 12.1. The summed E-state index contributed by atoms with van der Waals surface area (Å²) in [5, 5.41) is 0. The van der Waals surface area contributed by atoms with Crippen LogP contribution in [-0.4, -0.2) is 45.7 Å². The summed E-state index contributed by atoms with van der Waals surface area (Å²) in [6.07, 6.45) is 8.01. The monoisotopic (exact) mass is 504 g/mol. The number of likely N-dealkylation sites (tertiary alicyclic amines) is 1. The summed E-state index contributed by atoms with van der Waals surface area (Å²) in [6.45, 7) is 6.96. The van der Waals surface area contributed by atoms with E-state index in [2.05, 4.69) is 32.4 Å². The van der Waals surface area contributed by atoms with Crippen molar-refractivity contribution in [1.29, 1.82) is 0 Å². The van der Waals surface area contributed by atoms with Crippen LogP contribution in [-0.2, 0) is 14.3 Å². The van der Waals surface area contributed by atoms with Crippen LogP contribution in [0.25, 0.3) is 0 Å². The number of quaternary nitrogens is 1. The molecule has 1 aromatic carbocycles. The number of nitrogens with zero attached hydrogens (tertiary/aromatic N) is 1. The molecule has 0 aliphatic carbocycles. The molecule has 0 amide bonds. The second kappa shape index (κ2) is 11.4. The molecular formula is C21H31INO3S+. The predicted octanol–water partition coefficient (Wildman–Crippen LogP) is 4.66. The molecule has 0 bridgehead atoms. The van der Waals surface area contributed by atoms with E-state index in [4.69, 9.17) is 4.18 Å². The number of halogens is 1. The van der Waals surface area contributed by atoms with Crippen LogP contribution in [0.1, 0.15) is 50.5 Å². The first-order valence-electron chi connectivity index (χ1n) is 9.87. The lowest BCUT2D eigenvalue weighted by atomic mass is 10.1. The first kappa shape index (κ1) is 22.7. The zero-order valence-corrected chi connectivity index (χ0v) is 19.2. The third-order valence-corrected chi connectivity index (χ3v) is 7.03. The Bertz CT molecular complexity index is 729. The molecule has 150 valence electrons. The zero-order chi connectivity index (χ0) is 19.6. The lowest BCUT2D eigenvalue weighted by molar-refractivity contribution is -0.910. The highest BCUT2D eigenvalue weighted by Crippen LogP contribution is 2.21. The molecule has 0 saturated carbocycles. The Morgan fingerprint density at radius 2 is 1.67 bits per heavy atom. The van der Waals surface area contributed by atoms with E-state index < -0.39 is 10.1 Å². The summed E-state index contributed by atoms with van der Waals surface area (Å²) in [7, 11) is -3.62. The van der Waals surface area contributed by atoms with E-state index >= 15 is 0 Å². The van der Waals surface area contributed by atoms with E-state index in [1.807, 2.05) is 6.92 Å². The zero-order valence-electron chi connectivity index (χ0n) is 16.3. The SMILES string of the molecule is Cc1ccc(S(=O)(=O)OCCCCCCC[N+]2(CC#CI)CCCC2)cc1. The van der Waals surface area contributed by atoms with Gasteiger partial charge in [-0.25, -0.2) is 0 Å². The van der Waals surface area contributed by atoms with E-state index in [9.17, 15) is 8.42 Å². The Labute approximate surface area is 178 Å². The van der Waals surface area contributed by atoms with Gasteiger partial charge in [0.05, 0.1) is 31.1 Å². The molecule has 0 N–H and O–H groups in total. The van der Waals surface area contributed by atoms with Gasteiger partial charge < -0.3 is 4.48 Å². The molecular weight excluding hydrogens is 473 g/mol. The van der Waals surface area contributed by atoms with Crippen LogP contribution in [0.15, 0.2) is 29.2 Å². The number of hydrogen-bond acceptors (Lipinski definition) is 3. The Morgan fingerprint density at radius 1 is 1.04 bits per heavy atom. The molecule has 1 aliphatic rings. The fourth-order valence-electron chi connectivity index (χ4n) is 3.69. The minimum Gasteiger partial charge on any atom is -0.313 e. The normalized spacial score (nSPS) is 16.1. The van der Waals surface area contributed by atoms with Crippen LogP contribution in [0.5, 0.6) is 0 Å². The number of rotatable bonds is 11. The fourth-order valence-corrected chi connectivity index (χ4v) is 4.80. The van der Waals surface area contributed by atoms with E-state index in [0.717, 1.165) is 31.4 Å². The van der Waals surface area contributed by atoms with Crippen LogP contribution in [0.4, 0.5) is 0 Å². The number of benzene rings is 1. The average molecular weight is 504 g/mol. The Morgan fingerprint density at radius 3 is 2.33 bits per heavy atom. The Balaban J connectivity index is 1.59. The van der Waals surface area contributed by atoms with Gasteiger partial charge in [-0.1, -0.05) is 30.5 Å². The first-order valence-corrected chi connectivity index (χ1v) is 12.4. The van der Waals surface area contributed by atoms with E-state index in [1.165, 1.54) is 49.8 Å². The van der Waals surface area contributed by atoms with E-state index in [0.29, 0.717) is 0 Å². The van der Waals surface area contributed by atoms with Gasteiger partial charge in [0.25, 0.3) is 10.1 Å². The third-order valence-electron chi connectivity index (χ3n) is 5.32. The lowest BCUT2D eigenvalue weighted by Gasteiger charge is -2.32. The average Bonchev–Trinajstić information content (AvgIpc) is 3.11. The van der Waals surface area contributed by atoms with Gasteiger partial charge in [-0.2, -0.15) is 8.42 Å². The van der Waals surface area contributed by atoms with Crippen LogP contribution in [0.2, 0.25) is 0 Å². The van der Waals surface area contributed by atoms with Gasteiger partial charge >= 0.3 is 0 Å². The summed E-state index contributed by atoms with van der Waals surface area (Å²) in [5.41, 5.74) is 1.04. The number of aryl methyl sites for hydroxylation is 1. The molecule has 0 aromatic heterocycles. The van der Waals surface area contributed by atoms with Crippen molar-refractivity contribution in [2.45, 2.75) is 56.8 Å². The van der Waals surface area contributed by atoms with Crippen LogP contribution >= 0.6 is 22.6 Å². The molecule has 1 aliphatic heterocycles. The van der Waals surface area contributed by atoms with Crippen molar-refractivity contribution in [3.05, 3.63) is 29.8 Å². The Hall–Kier alpha value is -0.620. The molecule has 1 saturated heterocycles. The molecule has 0 radical (unpaired) electrons. The van der Waals surface area contributed by atoms with Gasteiger partial charge in [-0.15, -0.1) is 0 Å². The van der Waals surface area contributed by atoms with Gasteiger partial charge in [-0.3, -0.25) is 4.18 Å². The van der Waals surface area contributed by atoms with Crippen LogP contribution < -0.4 is 0 Å². The summed E-state index contributed by atoms with van der Waals surface area (Å²) < 4.78 is 33.6. The van der Waals surface area contributed by atoms with E-state index in [1.54, 1.807) is 24.3 Å². The maximum Gasteiger partial charge on any atom is 0.296 e. The minimum atomic E-state index is -3.62. The largest absolute Gasteiger partial charge is 0.313 e. The van der Waals surface area contributed by atoms with Gasteiger partial charge in [-0.05, 0) is 48.2 Å². The van der Waals surface area contributed by atoms with Crippen molar-refractivity contribution in [1.82, 2.24) is 0 Å². The Kier molecular flexibility index (Phi) is 9.57. The van der Waals surface area contributed by atoms with Gasteiger partial charge in [0.1, 0.15) is 6.54 Å². The van der Waals surface area contributed by atoms with Crippen molar-refractivity contribution < 1.29 is 17.1 Å². The highest BCUT2D eigenvalue weighted by Gasteiger charge is 2.30. The van der Waals surface area contributed by atoms with Crippen molar-refractivity contribution in [2.24, 2.45) is 0 Å². The quantitative estimate of drug-likeness (QED) is 0.145. The molecule has 1 fully saturated rings. The van der Waals surface area contributed by atoms with Crippen molar-refractivity contribution in [3.8, 4) is 9.85 Å². The number of hydrogen-bond donors (Lipinski definition) is 0. The molecule has 4 nitrogen and oxygen atoms in total. The molecule has 0 unspecified atom stereocenters. The van der Waals surface area contributed by atoms with E-state index in [-0.39, 0.29) is 11.5 Å². The molecule has 1 heterocycles. The second-order valence-electron chi connectivity index (χ2n) is 7.51. The summed E-state index contributed by atoms with van der Waals surface area (Å²) in [4.78, 5) is 0.238. The molecule has 0 atom stereocenters. The summed E-state index contributed by atoms with van der Waals surface area (Å²) in [5.74, 6) is 3.27. The molecule has 6 heteroatoms. The van der Waals surface area contributed by atoms with Crippen molar-refractivity contribution in [3.63, 3.8) is 0 Å². The van der Waals surface area contributed by atoms with Crippen LogP contribution in [0.3, 0.4) is 0 Å². The minimum absolute atomic E-state index is 0.238. The van der Waals surface area contributed by atoms with Gasteiger partial charge in [0.15, 0.2) is 0 Å². The molecule has 27 heavy (non-hydrogen) atoms. The molecule has 2 rings (SSSR count). The van der Waals surface area contributed by atoms with Crippen LogP contribution in [0, 0.1) is 16.8 Å².